The summed E-state index contributed by atoms with van der Waals surface area (Å²) in [5.41, 5.74) is 2.14. The molecule has 0 aliphatic rings. The fraction of sp³-hybridized carbons (Fsp3) is 0.375. The Morgan fingerprint density at radius 2 is 1.91 bits per heavy atom. The van der Waals surface area contributed by atoms with Crippen LogP contribution in [-0.4, -0.2) is 45.4 Å². The first-order chi connectivity index (χ1) is 15.4. The zero-order chi connectivity index (χ0) is 23.1. The summed E-state index contributed by atoms with van der Waals surface area (Å²) in [6, 6.07) is 17.8. The van der Waals surface area contributed by atoms with E-state index in [2.05, 4.69) is 44.0 Å². The minimum atomic E-state index is -0.127. The maximum atomic E-state index is 12.6. The first kappa shape index (κ1) is 24.3. The number of amides is 1. The number of nitrogens with zero attached hydrogens (tertiary/aromatic N) is 4. The molecule has 0 fully saturated rings. The van der Waals surface area contributed by atoms with Gasteiger partial charge >= 0.3 is 0 Å². The summed E-state index contributed by atoms with van der Waals surface area (Å²) in [5, 5.41) is 13.4. The normalized spacial score (nSPS) is 13.2. The minimum Gasteiger partial charge on any atom is -0.349 e. The highest BCUT2D eigenvalue weighted by Gasteiger charge is 2.23. The third-order valence-electron chi connectivity index (χ3n) is 5.30. The van der Waals surface area contributed by atoms with Crippen molar-refractivity contribution >= 4 is 29.3 Å². The number of thioether (sulfide) groups is 1. The Morgan fingerprint density at radius 1 is 1.16 bits per heavy atom. The molecule has 3 aromatic rings. The predicted molar refractivity (Wildman–Crippen MR) is 131 cm³/mol. The highest BCUT2D eigenvalue weighted by Crippen LogP contribution is 2.26. The first-order valence-electron chi connectivity index (χ1n) is 10.7. The number of nitrogens with one attached hydrogen (secondary N) is 1. The molecule has 170 valence electrons. The Morgan fingerprint density at radius 3 is 2.56 bits per heavy atom. The van der Waals surface area contributed by atoms with Gasteiger partial charge in [0.2, 0.25) is 5.91 Å². The number of rotatable bonds is 10. The summed E-state index contributed by atoms with van der Waals surface area (Å²) in [7, 11) is 4.10. The second-order valence-corrected chi connectivity index (χ2v) is 9.31. The van der Waals surface area contributed by atoms with Crippen molar-refractivity contribution in [2.45, 2.75) is 44.1 Å². The van der Waals surface area contributed by atoms with Gasteiger partial charge in [-0.05, 0) is 50.7 Å². The summed E-state index contributed by atoms with van der Waals surface area (Å²) in [6.45, 7) is 4.76. The molecule has 1 heterocycles. The van der Waals surface area contributed by atoms with E-state index >= 15 is 0 Å². The Hall–Kier alpha value is -2.35. The van der Waals surface area contributed by atoms with Crippen molar-refractivity contribution < 1.29 is 4.79 Å². The van der Waals surface area contributed by atoms with Crippen LogP contribution in [0.3, 0.4) is 0 Å². The van der Waals surface area contributed by atoms with Crippen molar-refractivity contribution in [2.75, 3.05) is 19.8 Å². The van der Waals surface area contributed by atoms with Crippen LogP contribution in [0.1, 0.15) is 49.3 Å². The van der Waals surface area contributed by atoms with Gasteiger partial charge in [0.05, 0.1) is 24.4 Å². The zero-order valence-electron chi connectivity index (χ0n) is 19.0. The molecule has 0 saturated carbocycles. The van der Waals surface area contributed by atoms with Gasteiger partial charge in [0, 0.05) is 5.02 Å². The lowest BCUT2D eigenvalue weighted by Crippen LogP contribution is -2.28. The zero-order valence-corrected chi connectivity index (χ0v) is 20.5. The lowest BCUT2D eigenvalue weighted by molar-refractivity contribution is -0.119. The van der Waals surface area contributed by atoms with E-state index in [9.17, 15) is 4.79 Å². The van der Waals surface area contributed by atoms with E-state index in [4.69, 9.17) is 11.6 Å². The van der Waals surface area contributed by atoms with Gasteiger partial charge in [-0.25, -0.2) is 0 Å². The van der Waals surface area contributed by atoms with Crippen LogP contribution in [0.2, 0.25) is 5.02 Å². The molecule has 32 heavy (non-hydrogen) atoms. The number of halogens is 1. The number of hydrogen-bond donors (Lipinski definition) is 1. The number of hydrogen-bond acceptors (Lipinski definition) is 5. The van der Waals surface area contributed by atoms with Gasteiger partial charge in [0.15, 0.2) is 11.0 Å². The monoisotopic (exact) mass is 471 g/mol. The predicted octanol–water partition coefficient (Wildman–Crippen LogP) is 4.96. The molecule has 1 N–H and O–H groups in total. The summed E-state index contributed by atoms with van der Waals surface area (Å²) in [4.78, 5) is 14.8. The molecule has 0 spiro atoms. The van der Waals surface area contributed by atoms with Gasteiger partial charge in [0.1, 0.15) is 0 Å². The van der Waals surface area contributed by atoms with Crippen LogP contribution in [0, 0.1) is 0 Å². The van der Waals surface area contributed by atoms with Crippen LogP contribution < -0.4 is 5.32 Å². The van der Waals surface area contributed by atoms with Crippen molar-refractivity contribution in [2.24, 2.45) is 0 Å². The molecule has 1 aromatic heterocycles. The Bertz CT molecular complexity index is 1020. The Balaban J connectivity index is 1.73. The number of carbonyl (C=O) groups is 1. The fourth-order valence-corrected chi connectivity index (χ4v) is 4.57. The van der Waals surface area contributed by atoms with Crippen molar-refractivity contribution in [3.05, 3.63) is 76.6 Å². The summed E-state index contributed by atoms with van der Waals surface area (Å²) in [5.74, 6) is 1.12. The van der Waals surface area contributed by atoms with E-state index in [1.165, 1.54) is 17.3 Å². The molecule has 6 nitrogen and oxygen atoms in total. The van der Waals surface area contributed by atoms with Crippen LogP contribution in [0.5, 0.6) is 0 Å². The third-order valence-corrected chi connectivity index (χ3v) is 6.50. The smallest absolute Gasteiger partial charge is 0.230 e. The highest BCUT2D eigenvalue weighted by atomic mass is 35.5. The molecule has 2 atom stereocenters. The molecule has 0 unspecified atom stereocenters. The Kier molecular flexibility index (Phi) is 8.73. The summed E-state index contributed by atoms with van der Waals surface area (Å²) >= 11 is 7.48. The van der Waals surface area contributed by atoms with Crippen LogP contribution >= 0.6 is 23.4 Å². The largest absolute Gasteiger partial charge is 0.349 e. The summed E-state index contributed by atoms with van der Waals surface area (Å²) in [6.07, 6.45) is 0.919. The van der Waals surface area contributed by atoms with Crippen molar-refractivity contribution in [3.63, 3.8) is 0 Å². The lowest BCUT2D eigenvalue weighted by Gasteiger charge is -2.23. The standard InChI is InChI=1S/C24H30ClN5OS/c1-5-21(29(3)4)23-27-28-24(30(23)15-18-10-7-6-8-11-18)32-16-22(31)26-17(2)19-12-9-13-20(25)14-19/h6-14,17,21H,5,15-16H2,1-4H3,(H,26,31)/t17-,21-/m0/s1. The van der Waals surface area contributed by atoms with Crippen molar-refractivity contribution in [3.8, 4) is 0 Å². The molecular weight excluding hydrogens is 442 g/mol. The van der Waals surface area contributed by atoms with E-state index in [0.717, 1.165) is 23.0 Å². The van der Waals surface area contributed by atoms with Crippen LogP contribution in [0.25, 0.3) is 0 Å². The lowest BCUT2D eigenvalue weighted by atomic mass is 10.1. The average Bonchev–Trinajstić information content (AvgIpc) is 3.15. The number of carbonyl (C=O) groups excluding carboxylic acids is 1. The second-order valence-electron chi connectivity index (χ2n) is 7.93. The number of aromatic nitrogens is 3. The molecule has 0 saturated heterocycles. The van der Waals surface area contributed by atoms with Crippen LogP contribution in [0.4, 0.5) is 0 Å². The molecule has 2 aromatic carbocycles. The first-order valence-corrected chi connectivity index (χ1v) is 12.1. The van der Waals surface area contributed by atoms with E-state index < -0.39 is 0 Å². The molecule has 0 bridgehead atoms. The van der Waals surface area contributed by atoms with Crippen LogP contribution in [0.15, 0.2) is 59.8 Å². The second kappa shape index (κ2) is 11.5. The van der Waals surface area contributed by atoms with Gasteiger partial charge in [-0.15, -0.1) is 10.2 Å². The van der Waals surface area contributed by atoms with E-state index in [0.29, 0.717) is 11.6 Å². The van der Waals surface area contributed by atoms with Crippen molar-refractivity contribution in [1.82, 2.24) is 25.0 Å². The van der Waals surface area contributed by atoms with Gasteiger partial charge in [-0.1, -0.05) is 72.8 Å². The topological polar surface area (TPSA) is 63.1 Å². The fourth-order valence-electron chi connectivity index (χ4n) is 3.62. The number of benzene rings is 2. The highest BCUT2D eigenvalue weighted by molar-refractivity contribution is 7.99. The maximum absolute atomic E-state index is 12.6. The minimum absolute atomic E-state index is 0.0575. The molecule has 0 aliphatic heterocycles. The quantitative estimate of drug-likeness (QED) is 0.423. The van der Waals surface area contributed by atoms with Gasteiger partial charge in [-0.2, -0.15) is 0 Å². The molecule has 1 amide bonds. The van der Waals surface area contributed by atoms with Gasteiger partial charge in [0.25, 0.3) is 0 Å². The molecule has 0 radical (unpaired) electrons. The molecule has 0 aliphatic carbocycles. The van der Waals surface area contributed by atoms with E-state index in [1.54, 1.807) is 0 Å². The third kappa shape index (κ3) is 6.34. The van der Waals surface area contributed by atoms with Gasteiger partial charge < -0.3 is 9.88 Å². The van der Waals surface area contributed by atoms with E-state index in [1.807, 2.05) is 63.5 Å². The van der Waals surface area contributed by atoms with Gasteiger partial charge in [-0.3, -0.25) is 9.69 Å². The maximum Gasteiger partial charge on any atom is 0.230 e. The summed E-state index contributed by atoms with van der Waals surface area (Å²) < 4.78 is 2.13. The average molecular weight is 472 g/mol. The van der Waals surface area contributed by atoms with E-state index in [-0.39, 0.29) is 23.7 Å². The molecule has 3 rings (SSSR count). The molecule has 8 heteroatoms. The SMILES string of the molecule is CC[C@@H](c1nnc(SCC(=O)N[C@@H](C)c2cccc(Cl)c2)n1Cc1ccccc1)N(C)C. The molecular formula is C24H30ClN5OS. The van der Waals surface area contributed by atoms with Crippen LogP contribution in [-0.2, 0) is 11.3 Å². The Labute approximate surface area is 199 Å². The van der Waals surface area contributed by atoms with Crippen molar-refractivity contribution in [1.29, 1.82) is 0 Å².